The molecule has 0 saturated carbocycles. The van der Waals surface area contributed by atoms with Crippen LogP contribution >= 0.6 is 0 Å². The Morgan fingerprint density at radius 3 is 1.78 bits per heavy atom. The first-order valence-corrected chi connectivity index (χ1v) is 2.10. The van der Waals surface area contributed by atoms with Crippen molar-refractivity contribution in [3.63, 3.8) is 0 Å². The van der Waals surface area contributed by atoms with Gasteiger partial charge in [0.25, 0.3) is 0 Å². The predicted molar refractivity (Wildman–Crippen MR) is 21.0 cm³/mol. The molecule has 0 spiro atoms. The van der Waals surface area contributed by atoms with E-state index in [1.807, 2.05) is 0 Å². The molecule has 0 aliphatic heterocycles. The largest absolute Gasteiger partial charge is 0.389 e. The van der Waals surface area contributed by atoms with Gasteiger partial charge in [-0.1, -0.05) is 0 Å². The van der Waals surface area contributed by atoms with Crippen molar-refractivity contribution >= 4 is 0 Å². The summed E-state index contributed by atoms with van der Waals surface area (Å²) in [6.45, 7) is 0. The lowest BCUT2D eigenvalue weighted by Crippen LogP contribution is -2.09. The van der Waals surface area contributed by atoms with Gasteiger partial charge in [-0.05, 0) is 0 Å². The molecule has 0 amide bonds. The first-order valence-electron chi connectivity index (χ1n) is 2.10. The van der Waals surface area contributed by atoms with Crippen LogP contribution < -0.4 is 0 Å². The molecule has 1 radical (unpaired) electrons. The van der Waals surface area contributed by atoms with E-state index >= 15 is 0 Å². The number of rotatable bonds is 2. The SMILES string of the molecule is FC(F)[CH]CC(F)(F)F. The summed E-state index contributed by atoms with van der Waals surface area (Å²) >= 11 is 0. The maximum absolute atomic E-state index is 11.1. The zero-order valence-corrected chi connectivity index (χ0v) is 4.25. The Kier molecular flexibility index (Phi) is 2.87. The van der Waals surface area contributed by atoms with Crippen LogP contribution in [0.2, 0.25) is 0 Å². The van der Waals surface area contributed by atoms with Crippen molar-refractivity contribution in [1.82, 2.24) is 0 Å². The van der Waals surface area contributed by atoms with Gasteiger partial charge in [-0.2, -0.15) is 13.2 Å². The Morgan fingerprint density at radius 1 is 1.22 bits per heavy atom. The van der Waals surface area contributed by atoms with E-state index in [0.717, 1.165) is 0 Å². The monoisotopic (exact) mass is 147 g/mol. The Bertz CT molecular complexity index is 73.5. The van der Waals surface area contributed by atoms with Crippen LogP contribution in [0.4, 0.5) is 22.0 Å². The number of hydrogen-bond acceptors (Lipinski definition) is 0. The van der Waals surface area contributed by atoms with E-state index in [0.29, 0.717) is 0 Å². The fourth-order valence-corrected chi connectivity index (χ4v) is 0.223. The Hall–Kier alpha value is -0.350. The van der Waals surface area contributed by atoms with Crippen LogP contribution in [0.1, 0.15) is 6.42 Å². The Labute approximate surface area is 48.7 Å². The third-order valence-electron chi connectivity index (χ3n) is 0.527. The van der Waals surface area contributed by atoms with Gasteiger partial charge in [0.05, 0.1) is 6.42 Å². The highest BCUT2D eigenvalue weighted by Gasteiger charge is 2.28. The van der Waals surface area contributed by atoms with E-state index in [-0.39, 0.29) is 6.42 Å². The maximum atomic E-state index is 11.1. The summed E-state index contributed by atoms with van der Waals surface area (Å²) in [5.74, 6) is 0. The molecule has 0 nitrogen and oxygen atoms in total. The molecule has 0 aliphatic carbocycles. The van der Waals surface area contributed by atoms with Crippen molar-refractivity contribution in [3.05, 3.63) is 6.42 Å². The fraction of sp³-hybridized carbons (Fsp3) is 0.750. The van der Waals surface area contributed by atoms with Crippen LogP contribution in [0, 0.1) is 6.42 Å². The standard InChI is InChI=1S/C4H4F5/c5-3(6)1-2-4(7,8)9/h1,3H,2H2. The van der Waals surface area contributed by atoms with E-state index in [9.17, 15) is 22.0 Å². The first-order chi connectivity index (χ1) is 3.92. The normalized spacial score (nSPS) is 12.7. The van der Waals surface area contributed by atoms with Gasteiger partial charge in [-0.25, -0.2) is 8.78 Å². The number of alkyl halides is 5. The minimum atomic E-state index is -4.50. The summed E-state index contributed by atoms with van der Waals surface area (Å²) in [4.78, 5) is 0. The molecule has 0 aromatic carbocycles. The summed E-state index contributed by atoms with van der Waals surface area (Å²) in [6.07, 6.45) is -9.09. The molecule has 5 heteroatoms. The van der Waals surface area contributed by atoms with Gasteiger partial charge in [0, 0.05) is 6.42 Å². The lowest BCUT2D eigenvalue weighted by Gasteiger charge is -2.03. The van der Waals surface area contributed by atoms with Gasteiger partial charge in [-0.3, -0.25) is 0 Å². The molecular formula is C4H4F5. The fourth-order valence-electron chi connectivity index (χ4n) is 0.223. The molecular weight excluding hydrogens is 143 g/mol. The molecule has 55 valence electrons. The summed E-state index contributed by atoms with van der Waals surface area (Å²) in [7, 11) is 0. The summed E-state index contributed by atoms with van der Waals surface area (Å²) < 4.78 is 55.2. The lowest BCUT2D eigenvalue weighted by molar-refractivity contribution is -0.131. The molecule has 0 rings (SSSR count). The molecule has 0 heterocycles. The maximum Gasteiger partial charge on any atom is 0.389 e. The first kappa shape index (κ1) is 8.65. The van der Waals surface area contributed by atoms with E-state index < -0.39 is 19.0 Å². The highest BCUT2D eigenvalue weighted by atomic mass is 19.4. The van der Waals surface area contributed by atoms with Crippen molar-refractivity contribution < 1.29 is 22.0 Å². The third-order valence-corrected chi connectivity index (χ3v) is 0.527. The third kappa shape index (κ3) is 7.65. The van der Waals surface area contributed by atoms with Gasteiger partial charge in [-0.15, -0.1) is 0 Å². The molecule has 0 N–H and O–H groups in total. The van der Waals surface area contributed by atoms with E-state index in [4.69, 9.17) is 0 Å². The van der Waals surface area contributed by atoms with Gasteiger partial charge >= 0.3 is 6.18 Å². The summed E-state index contributed by atoms with van der Waals surface area (Å²) in [5.41, 5.74) is 0. The van der Waals surface area contributed by atoms with Crippen LogP contribution in [0.3, 0.4) is 0 Å². The van der Waals surface area contributed by atoms with Crippen molar-refractivity contribution in [1.29, 1.82) is 0 Å². The number of hydrogen-bond donors (Lipinski definition) is 0. The zero-order valence-electron chi connectivity index (χ0n) is 4.25. The second-order valence-electron chi connectivity index (χ2n) is 1.39. The van der Waals surface area contributed by atoms with Crippen LogP contribution in [0.25, 0.3) is 0 Å². The molecule has 0 fully saturated rings. The average Bonchev–Trinajstić information content (AvgIpc) is 1.59. The molecule has 0 saturated heterocycles. The quantitative estimate of drug-likeness (QED) is 0.526. The summed E-state index contributed by atoms with van der Waals surface area (Å²) in [5, 5.41) is 0. The van der Waals surface area contributed by atoms with Crippen molar-refractivity contribution in [2.24, 2.45) is 0 Å². The van der Waals surface area contributed by atoms with Crippen molar-refractivity contribution in [3.8, 4) is 0 Å². The zero-order chi connectivity index (χ0) is 7.49. The molecule has 0 aliphatic rings. The predicted octanol–water partition coefficient (Wildman–Crippen LogP) is 2.41. The molecule has 9 heavy (non-hydrogen) atoms. The molecule has 0 aromatic rings. The smallest absolute Gasteiger partial charge is 0.210 e. The molecule has 0 aromatic heterocycles. The summed E-state index contributed by atoms with van der Waals surface area (Å²) in [6, 6.07) is 0. The molecule has 0 unspecified atom stereocenters. The van der Waals surface area contributed by atoms with Crippen LogP contribution in [0.5, 0.6) is 0 Å². The second-order valence-corrected chi connectivity index (χ2v) is 1.39. The average molecular weight is 147 g/mol. The highest BCUT2D eigenvalue weighted by molar-refractivity contribution is 4.71. The van der Waals surface area contributed by atoms with Gasteiger partial charge in [0.15, 0.2) is 0 Å². The highest BCUT2D eigenvalue weighted by Crippen LogP contribution is 2.22. The van der Waals surface area contributed by atoms with Gasteiger partial charge in [0.1, 0.15) is 0 Å². The van der Waals surface area contributed by atoms with Crippen LogP contribution in [-0.4, -0.2) is 12.6 Å². The second kappa shape index (κ2) is 2.98. The Balaban J connectivity index is 3.28. The topological polar surface area (TPSA) is 0 Å². The van der Waals surface area contributed by atoms with E-state index in [1.165, 1.54) is 0 Å². The van der Waals surface area contributed by atoms with Gasteiger partial charge < -0.3 is 0 Å². The van der Waals surface area contributed by atoms with E-state index in [1.54, 1.807) is 0 Å². The van der Waals surface area contributed by atoms with Crippen molar-refractivity contribution in [2.45, 2.75) is 19.0 Å². The minimum Gasteiger partial charge on any atom is -0.210 e. The lowest BCUT2D eigenvalue weighted by atomic mass is 10.3. The minimum absolute atomic E-state index is 0.0833. The van der Waals surface area contributed by atoms with Gasteiger partial charge in [0.2, 0.25) is 6.43 Å². The van der Waals surface area contributed by atoms with Crippen LogP contribution in [0.15, 0.2) is 0 Å². The molecule has 0 bridgehead atoms. The van der Waals surface area contributed by atoms with Crippen LogP contribution in [-0.2, 0) is 0 Å². The number of halogens is 5. The van der Waals surface area contributed by atoms with E-state index in [2.05, 4.69) is 0 Å². The molecule has 0 atom stereocenters. The Morgan fingerprint density at radius 2 is 1.67 bits per heavy atom. The van der Waals surface area contributed by atoms with Crippen molar-refractivity contribution in [2.75, 3.05) is 0 Å².